The molecule has 3 aromatic rings. The molecule has 0 aliphatic heterocycles. The van der Waals surface area contributed by atoms with Gasteiger partial charge in [-0.15, -0.1) is 11.3 Å². The summed E-state index contributed by atoms with van der Waals surface area (Å²) in [6.07, 6.45) is 1.46. The van der Waals surface area contributed by atoms with E-state index in [4.69, 9.17) is 4.74 Å². The average Bonchev–Trinajstić information content (AvgIpc) is 3.33. The third-order valence-corrected chi connectivity index (χ3v) is 7.69. The van der Waals surface area contributed by atoms with Crippen molar-refractivity contribution in [3.05, 3.63) is 53.2 Å². The highest BCUT2D eigenvalue weighted by Gasteiger charge is 2.25. The largest absolute Gasteiger partial charge is 0.481 e. The second-order valence-corrected chi connectivity index (χ2v) is 10.5. The van der Waals surface area contributed by atoms with E-state index in [-0.39, 0.29) is 16.5 Å². The molecule has 3 rings (SSSR count). The Morgan fingerprint density at radius 1 is 1.34 bits per heavy atom. The van der Waals surface area contributed by atoms with Crippen LogP contribution in [0.2, 0.25) is 0 Å². The number of rotatable bonds is 8. The monoisotopic (exact) mass is 474 g/mol. The second-order valence-electron chi connectivity index (χ2n) is 7.72. The van der Waals surface area contributed by atoms with E-state index in [1.54, 1.807) is 42.4 Å². The van der Waals surface area contributed by atoms with E-state index in [1.807, 2.05) is 13.8 Å². The summed E-state index contributed by atoms with van der Waals surface area (Å²) in [5, 5.41) is 6.31. The molecule has 0 radical (unpaired) electrons. The molecule has 32 heavy (non-hydrogen) atoms. The average molecular weight is 475 g/mol. The van der Waals surface area contributed by atoms with E-state index in [0.29, 0.717) is 17.1 Å². The number of pyridine rings is 1. The summed E-state index contributed by atoms with van der Waals surface area (Å²) < 4.78 is 34.7. The van der Waals surface area contributed by atoms with Crippen LogP contribution in [0.5, 0.6) is 5.88 Å². The Kier molecular flexibility index (Phi) is 6.85. The zero-order valence-corrected chi connectivity index (χ0v) is 20.3. The molecule has 3 aromatic heterocycles. The number of thiophene rings is 1. The lowest BCUT2D eigenvalue weighted by atomic mass is 9.98. The first-order valence-electron chi connectivity index (χ1n) is 9.89. The molecule has 0 saturated heterocycles. The molecule has 8 nitrogen and oxygen atoms in total. The highest BCUT2D eigenvalue weighted by atomic mass is 32.2. The molecule has 0 aliphatic rings. The van der Waals surface area contributed by atoms with Crippen LogP contribution in [0.3, 0.4) is 0 Å². The van der Waals surface area contributed by atoms with Gasteiger partial charge in [0.05, 0.1) is 19.2 Å². The number of nitrogens with zero attached hydrogens (tertiary/aromatic N) is 3. The molecule has 0 saturated carbocycles. The number of methoxy groups -OCH3 is 1. The Labute approximate surface area is 192 Å². The Hall–Kier alpha value is -2.98. The van der Waals surface area contributed by atoms with Crippen LogP contribution in [0.15, 0.2) is 40.6 Å². The SMILES string of the molecule is C=C(C)c1csc(S(=O)(=O)NC(=O)Cc2c(-c3ccnc(OC)c3)nn(C)c2C(C)C)c1. The van der Waals surface area contributed by atoms with Crippen LogP contribution in [0.1, 0.15) is 43.5 Å². The molecule has 0 fully saturated rings. The van der Waals surface area contributed by atoms with Crippen LogP contribution < -0.4 is 9.46 Å². The van der Waals surface area contributed by atoms with Gasteiger partial charge in [0.15, 0.2) is 0 Å². The van der Waals surface area contributed by atoms with E-state index >= 15 is 0 Å². The lowest BCUT2D eigenvalue weighted by molar-refractivity contribution is -0.118. The van der Waals surface area contributed by atoms with Gasteiger partial charge in [0.1, 0.15) is 4.21 Å². The Morgan fingerprint density at radius 2 is 2.06 bits per heavy atom. The summed E-state index contributed by atoms with van der Waals surface area (Å²) in [4.78, 5) is 17.0. The third-order valence-electron chi connectivity index (χ3n) is 4.88. The van der Waals surface area contributed by atoms with Crippen LogP contribution in [0.25, 0.3) is 16.8 Å². The number of hydrogen-bond donors (Lipinski definition) is 1. The Morgan fingerprint density at radius 3 is 2.66 bits per heavy atom. The van der Waals surface area contributed by atoms with E-state index in [9.17, 15) is 13.2 Å². The fraction of sp³-hybridized carbons (Fsp3) is 0.318. The Bertz CT molecular complexity index is 1270. The van der Waals surface area contributed by atoms with Crippen molar-refractivity contribution in [2.45, 2.75) is 37.3 Å². The summed E-state index contributed by atoms with van der Waals surface area (Å²) in [6, 6.07) is 5.02. The number of nitrogens with one attached hydrogen (secondary N) is 1. The minimum atomic E-state index is -3.99. The number of hydrogen-bond acceptors (Lipinski definition) is 7. The second kappa shape index (κ2) is 9.25. The summed E-state index contributed by atoms with van der Waals surface area (Å²) in [5.41, 5.74) is 4.32. The molecule has 0 aromatic carbocycles. The van der Waals surface area contributed by atoms with Crippen LogP contribution in [-0.4, -0.2) is 36.2 Å². The molecular weight excluding hydrogens is 448 g/mol. The topological polar surface area (TPSA) is 103 Å². The molecule has 10 heteroatoms. The van der Waals surface area contributed by atoms with Crippen LogP contribution >= 0.6 is 11.3 Å². The first-order chi connectivity index (χ1) is 15.0. The highest BCUT2D eigenvalue weighted by Crippen LogP contribution is 2.31. The number of ether oxygens (including phenoxy) is 1. The van der Waals surface area contributed by atoms with Crippen LogP contribution in [0, 0.1) is 0 Å². The number of carbonyl (C=O) groups is 1. The first-order valence-corrected chi connectivity index (χ1v) is 12.3. The van der Waals surface area contributed by atoms with Gasteiger partial charge in [0.25, 0.3) is 10.0 Å². The zero-order valence-electron chi connectivity index (χ0n) is 18.7. The zero-order chi connectivity index (χ0) is 23.6. The standard InChI is InChI=1S/C22H26N4O4S2/c1-13(2)16-10-20(31-12-16)32(28,29)25-18(27)11-17-21(24-26(5)22(17)14(3)4)15-7-8-23-19(9-15)30-6/h7-10,12,14H,1,11H2,2-6H3,(H,25,27). The lowest BCUT2D eigenvalue weighted by Gasteiger charge is -2.11. The normalized spacial score (nSPS) is 11.6. The molecule has 0 unspecified atom stereocenters. The molecular formula is C22H26N4O4S2. The van der Waals surface area contributed by atoms with Crippen molar-refractivity contribution < 1.29 is 17.9 Å². The molecule has 1 N–H and O–H groups in total. The maximum absolute atomic E-state index is 12.9. The van der Waals surface area contributed by atoms with Crippen LogP contribution in [0.4, 0.5) is 0 Å². The fourth-order valence-corrected chi connectivity index (χ4v) is 5.69. The van der Waals surface area contributed by atoms with Crippen LogP contribution in [-0.2, 0) is 28.3 Å². The van der Waals surface area contributed by atoms with Gasteiger partial charge in [-0.05, 0) is 35.9 Å². The van der Waals surface area contributed by atoms with Gasteiger partial charge in [-0.3, -0.25) is 9.48 Å². The maximum atomic E-state index is 12.9. The van der Waals surface area contributed by atoms with Crippen molar-refractivity contribution in [1.82, 2.24) is 19.5 Å². The summed E-state index contributed by atoms with van der Waals surface area (Å²) in [5.74, 6) is -0.143. The van der Waals surface area contributed by atoms with Gasteiger partial charge in [0, 0.05) is 36.1 Å². The van der Waals surface area contributed by atoms with E-state index in [1.165, 1.54) is 13.2 Å². The van der Waals surface area contributed by atoms with Gasteiger partial charge in [0.2, 0.25) is 11.8 Å². The van der Waals surface area contributed by atoms with Crippen molar-refractivity contribution in [3.8, 4) is 17.1 Å². The summed E-state index contributed by atoms with van der Waals surface area (Å²) in [6.45, 7) is 9.61. The smallest absolute Gasteiger partial charge is 0.273 e. The molecule has 0 aliphatic carbocycles. The number of allylic oxidation sites excluding steroid dienone is 1. The molecule has 0 spiro atoms. The number of amides is 1. The van der Waals surface area contributed by atoms with Crippen molar-refractivity contribution in [1.29, 1.82) is 0 Å². The minimum absolute atomic E-state index is 0.0678. The predicted molar refractivity (Wildman–Crippen MR) is 125 cm³/mol. The van der Waals surface area contributed by atoms with Gasteiger partial charge < -0.3 is 4.74 Å². The van der Waals surface area contributed by atoms with Crippen molar-refractivity contribution in [2.24, 2.45) is 7.05 Å². The van der Waals surface area contributed by atoms with E-state index in [2.05, 4.69) is 21.4 Å². The van der Waals surface area contributed by atoms with Gasteiger partial charge >= 0.3 is 0 Å². The molecule has 0 bridgehead atoms. The maximum Gasteiger partial charge on any atom is 0.273 e. The van der Waals surface area contributed by atoms with Crippen molar-refractivity contribution in [2.75, 3.05) is 7.11 Å². The molecule has 170 valence electrons. The van der Waals surface area contributed by atoms with Crippen molar-refractivity contribution >= 4 is 32.8 Å². The summed E-state index contributed by atoms with van der Waals surface area (Å²) in [7, 11) is -0.659. The molecule has 3 heterocycles. The lowest BCUT2D eigenvalue weighted by Crippen LogP contribution is -2.31. The predicted octanol–water partition coefficient (Wildman–Crippen LogP) is 3.76. The minimum Gasteiger partial charge on any atom is -0.481 e. The first kappa shape index (κ1) is 23.7. The number of sulfonamides is 1. The van der Waals surface area contributed by atoms with Crippen molar-refractivity contribution in [3.63, 3.8) is 0 Å². The van der Waals surface area contributed by atoms with Gasteiger partial charge in [-0.2, -0.15) is 5.10 Å². The number of carbonyl (C=O) groups excluding carboxylic acids is 1. The quantitative estimate of drug-likeness (QED) is 0.533. The van der Waals surface area contributed by atoms with Gasteiger partial charge in [-0.1, -0.05) is 26.0 Å². The number of aryl methyl sites for hydroxylation is 1. The van der Waals surface area contributed by atoms with E-state index < -0.39 is 15.9 Å². The van der Waals surface area contributed by atoms with Gasteiger partial charge in [-0.25, -0.2) is 18.1 Å². The highest BCUT2D eigenvalue weighted by molar-refractivity contribution is 7.92. The molecule has 1 amide bonds. The molecule has 0 atom stereocenters. The number of aromatic nitrogens is 3. The third kappa shape index (κ3) is 4.91. The summed E-state index contributed by atoms with van der Waals surface area (Å²) >= 11 is 1.05. The van der Waals surface area contributed by atoms with E-state index in [0.717, 1.165) is 33.7 Å². The Balaban J connectivity index is 1.94. The fourth-order valence-electron chi connectivity index (χ4n) is 3.46.